The number of methoxy groups -OCH3 is 1. The van der Waals surface area contributed by atoms with E-state index < -0.39 is 35.6 Å². The Morgan fingerprint density at radius 1 is 1.12 bits per heavy atom. The van der Waals surface area contributed by atoms with Gasteiger partial charge < -0.3 is 19.1 Å². The molecule has 0 bridgehead atoms. The molecule has 0 aliphatic carbocycles. The summed E-state index contributed by atoms with van der Waals surface area (Å²) in [5.74, 6) is -2.37. The molecule has 2 rings (SSSR count). The Balaban J connectivity index is 2.48. The Labute approximate surface area is 198 Å². The van der Waals surface area contributed by atoms with E-state index in [0.717, 1.165) is 26.2 Å². The van der Waals surface area contributed by atoms with Gasteiger partial charge in [0, 0.05) is 33.3 Å². The van der Waals surface area contributed by atoms with Gasteiger partial charge in [0.25, 0.3) is 5.91 Å². The Bertz CT molecular complexity index is 1080. The van der Waals surface area contributed by atoms with Gasteiger partial charge in [-0.3, -0.25) is 9.59 Å². The van der Waals surface area contributed by atoms with Crippen LogP contribution in [-0.2, 0) is 14.3 Å². The van der Waals surface area contributed by atoms with E-state index in [9.17, 15) is 27.2 Å². The van der Waals surface area contributed by atoms with Gasteiger partial charge in [0.15, 0.2) is 17.8 Å². The highest BCUT2D eigenvalue weighted by Gasteiger charge is 2.36. The summed E-state index contributed by atoms with van der Waals surface area (Å²) >= 11 is 6.06. The number of hydrogen-bond donors (Lipinski definition) is 0. The number of amides is 2. The first-order chi connectivity index (χ1) is 15.9. The van der Waals surface area contributed by atoms with Crippen molar-refractivity contribution in [3.8, 4) is 17.2 Å². The Kier molecular flexibility index (Phi) is 8.88. The van der Waals surface area contributed by atoms with E-state index in [1.54, 1.807) is 25.1 Å². The van der Waals surface area contributed by atoms with Gasteiger partial charge in [-0.25, -0.2) is 9.29 Å². The molecule has 184 valence electrons. The molecule has 0 aliphatic rings. The van der Waals surface area contributed by atoms with E-state index in [1.165, 1.54) is 13.2 Å². The summed E-state index contributed by atoms with van der Waals surface area (Å²) < 4.78 is 70.5. The zero-order valence-electron chi connectivity index (χ0n) is 18.5. The third-order valence-electron chi connectivity index (χ3n) is 4.33. The number of allylic oxidation sites excluding steroid dienone is 1. The van der Waals surface area contributed by atoms with E-state index in [1.807, 2.05) is 0 Å². The Morgan fingerprint density at radius 3 is 2.26 bits per heavy atom. The Hall–Kier alpha value is -3.31. The maximum Gasteiger partial charge on any atom is 0.431 e. The molecule has 34 heavy (non-hydrogen) atoms. The minimum atomic E-state index is -4.89. The zero-order valence-corrected chi connectivity index (χ0v) is 19.3. The molecule has 0 aliphatic heterocycles. The summed E-state index contributed by atoms with van der Waals surface area (Å²) in [5, 5.41) is -0.228. The fraction of sp³-hybridized carbons (Fsp3) is 0.273. The minimum absolute atomic E-state index is 0.115. The maximum absolute atomic E-state index is 14.6. The van der Waals surface area contributed by atoms with Crippen molar-refractivity contribution in [3.05, 3.63) is 59.0 Å². The monoisotopic (exact) mass is 504 g/mol. The topological polar surface area (TPSA) is 68.3 Å². The van der Waals surface area contributed by atoms with Crippen LogP contribution in [-0.4, -0.2) is 50.9 Å². The van der Waals surface area contributed by atoms with Crippen LogP contribution in [0.1, 0.15) is 6.92 Å². The fourth-order valence-electron chi connectivity index (χ4n) is 2.64. The summed E-state index contributed by atoms with van der Waals surface area (Å²) in [6, 6.07) is 8.02. The van der Waals surface area contributed by atoms with Crippen LogP contribution in [0.25, 0.3) is 0 Å². The van der Waals surface area contributed by atoms with E-state index in [2.05, 4.69) is 0 Å². The molecule has 0 saturated carbocycles. The molecular formula is C22H21ClF4N2O5. The molecule has 2 aromatic rings. The lowest BCUT2D eigenvalue weighted by Crippen LogP contribution is -2.32. The number of para-hydroxylation sites is 2. The first-order valence-corrected chi connectivity index (χ1v) is 9.96. The van der Waals surface area contributed by atoms with Gasteiger partial charge in [-0.15, -0.1) is 0 Å². The third kappa shape index (κ3) is 6.61. The number of ether oxygens (including phenoxy) is 3. The highest BCUT2D eigenvalue weighted by molar-refractivity contribution is 6.32. The second kappa shape index (κ2) is 11.2. The summed E-state index contributed by atoms with van der Waals surface area (Å²) in [6.07, 6.45) is -5.46. The summed E-state index contributed by atoms with van der Waals surface area (Å²) in [6.45, 7) is 1.63. The van der Waals surface area contributed by atoms with Crippen LogP contribution in [0, 0.1) is 5.82 Å². The number of carbonyl (C=O) groups excluding carboxylic acids is 2. The molecule has 1 unspecified atom stereocenters. The van der Waals surface area contributed by atoms with Crippen LogP contribution < -0.4 is 14.4 Å². The number of halogens is 5. The summed E-state index contributed by atoms with van der Waals surface area (Å²) in [5.41, 5.74) is -2.01. The predicted octanol–water partition coefficient (Wildman–Crippen LogP) is 5.14. The number of anilines is 1. The number of carbonyl (C=O) groups is 2. The molecule has 12 heteroatoms. The van der Waals surface area contributed by atoms with Crippen molar-refractivity contribution in [2.45, 2.75) is 19.4 Å². The van der Waals surface area contributed by atoms with Crippen LogP contribution in [0.4, 0.5) is 23.2 Å². The van der Waals surface area contributed by atoms with Crippen molar-refractivity contribution in [1.29, 1.82) is 0 Å². The third-order valence-corrected chi connectivity index (χ3v) is 4.63. The van der Waals surface area contributed by atoms with Crippen LogP contribution in [0.5, 0.6) is 17.2 Å². The van der Waals surface area contributed by atoms with Gasteiger partial charge in [0.1, 0.15) is 17.3 Å². The lowest BCUT2D eigenvalue weighted by atomic mass is 10.2. The molecule has 0 spiro atoms. The van der Waals surface area contributed by atoms with E-state index in [0.29, 0.717) is 4.90 Å². The second-order valence-corrected chi connectivity index (χ2v) is 7.35. The molecule has 0 heterocycles. The predicted molar refractivity (Wildman–Crippen MR) is 116 cm³/mol. The number of alkyl halides is 3. The van der Waals surface area contributed by atoms with Crippen molar-refractivity contribution in [2.75, 3.05) is 26.1 Å². The first-order valence-electron chi connectivity index (χ1n) is 9.59. The molecule has 0 fully saturated rings. The summed E-state index contributed by atoms with van der Waals surface area (Å²) in [7, 11) is 3.56. The zero-order chi connectivity index (χ0) is 25.6. The Morgan fingerprint density at radius 2 is 1.74 bits per heavy atom. The van der Waals surface area contributed by atoms with E-state index >= 15 is 0 Å². The molecule has 0 N–H and O–H groups in total. The maximum atomic E-state index is 14.6. The lowest BCUT2D eigenvalue weighted by molar-refractivity contribution is -0.121. The van der Waals surface area contributed by atoms with Crippen LogP contribution in [0.2, 0.25) is 5.02 Å². The fourth-order valence-corrected chi connectivity index (χ4v) is 2.83. The highest BCUT2D eigenvalue weighted by Crippen LogP contribution is 2.39. The molecule has 1 atom stereocenters. The van der Waals surface area contributed by atoms with Crippen LogP contribution in [0.3, 0.4) is 0 Å². The number of rotatable bonds is 9. The van der Waals surface area contributed by atoms with E-state index in [-0.39, 0.29) is 39.7 Å². The van der Waals surface area contributed by atoms with Crippen LogP contribution >= 0.6 is 11.6 Å². The molecule has 2 amide bonds. The van der Waals surface area contributed by atoms with Gasteiger partial charge in [0.2, 0.25) is 6.41 Å². The molecule has 7 nitrogen and oxygen atoms in total. The van der Waals surface area contributed by atoms with Crippen molar-refractivity contribution < 1.29 is 41.4 Å². The standard InChI is InChI=1S/C22H21ClF4N2O5/c1-13(32-4)33-17-7-5-6-8-18(17)34-19-10-16(15(24)9-14(19)23)29(12-30)21(31)11-20(28(2)3)22(25,26)27/h5-13H,1-4H3/b20-11-. The summed E-state index contributed by atoms with van der Waals surface area (Å²) in [4.78, 5) is 24.9. The molecule has 2 aromatic carbocycles. The number of nitrogens with zero attached hydrogens (tertiary/aromatic N) is 2. The number of imide groups is 1. The smallest absolute Gasteiger partial charge is 0.431 e. The van der Waals surface area contributed by atoms with Gasteiger partial charge in [-0.2, -0.15) is 13.2 Å². The largest absolute Gasteiger partial charge is 0.461 e. The van der Waals surface area contributed by atoms with Crippen molar-refractivity contribution >= 4 is 29.6 Å². The van der Waals surface area contributed by atoms with Gasteiger partial charge in [-0.05, 0) is 25.1 Å². The molecule has 0 saturated heterocycles. The van der Waals surface area contributed by atoms with Gasteiger partial charge in [-0.1, -0.05) is 23.7 Å². The van der Waals surface area contributed by atoms with Crippen LogP contribution in [0.15, 0.2) is 48.2 Å². The number of hydrogen-bond acceptors (Lipinski definition) is 6. The molecule has 0 radical (unpaired) electrons. The van der Waals surface area contributed by atoms with Crippen molar-refractivity contribution in [3.63, 3.8) is 0 Å². The molecule has 0 aromatic heterocycles. The average Bonchev–Trinajstić information content (AvgIpc) is 2.75. The van der Waals surface area contributed by atoms with Crippen molar-refractivity contribution in [1.82, 2.24) is 4.90 Å². The SMILES string of the molecule is COC(C)Oc1ccccc1Oc1cc(N(C=O)C(=O)/C=C(\N(C)C)C(F)(F)F)c(F)cc1Cl. The first kappa shape index (κ1) is 26.9. The van der Waals surface area contributed by atoms with Gasteiger partial charge >= 0.3 is 6.18 Å². The quantitative estimate of drug-likeness (QED) is 0.204. The second-order valence-electron chi connectivity index (χ2n) is 6.94. The van der Waals surface area contributed by atoms with Gasteiger partial charge in [0.05, 0.1) is 10.7 Å². The molecular weight excluding hydrogens is 484 g/mol. The van der Waals surface area contributed by atoms with E-state index in [4.69, 9.17) is 25.8 Å². The average molecular weight is 505 g/mol. The lowest BCUT2D eigenvalue weighted by Gasteiger charge is -2.22. The minimum Gasteiger partial charge on any atom is -0.461 e. The highest BCUT2D eigenvalue weighted by atomic mass is 35.5. The normalized spacial score (nSPS) is 12.7. The van der Waals surface area contributed by atoms with Crippen molar-refractivity contribution in [2.24, 2.45) is 0 Å². The number of benzene rings is 2.